The van der Waals surface area contributed by atoms with E-state index in [0.717, 1.165) is 63.9 Å². The van der Waals surface area contributed by atoms with Crippen LogP contribution in [0.15, 0.2) is 47.5 Å². The minimum absolute atomic E-state index is 0.0225. The fourth-order valence-corrected chi connectivity index (χ4v) is 5.38. The number of hydrogen-bond donors (Lipinski definition) is 1. The van der Waals surface area contributed by atoms with Gasteiger partial charge in [-0.2, -0.15) is 0 Å². The summed E-state index contributed by atoms with van der Waals surface area (Å²) in [6, 6.07) is 13.9. The average Bonchev–Trinajstić information content (AvgIpc) is 3.44. The van der Waals surface area contributed by atoms with Crippen molar-refractivity contribution in [2.45, 2.75) is 58.3 Å². The Morgan fingerprint density at radius 3 is 2.71 bits per heavy atom. The molecule has 1 atom stereocenters. The predicted molar refractivity (Wildman–Crippen MR) is 132 cm³/mol. The van der Waals surface area contributed by atoms with Crippen LogP contribution in [0.5, 0.6) is 11.5 Å². The summed E-state index contributed by atoms with van der Waals surface area (Å²) in [4.78, 5) is 19.7. The number of phenols is 1. The summed E-state index contributed by atoms with van der Waals surface area (Å²) in [5.41, 5.74) is 5.78. The number of rotatable bonds is 1. The molecule has 0 radical (unpaired) electrons. The van der Waals surface area contributed by atoms with Crippen LogP contribution >= 0.6 is 0 Å². The summed E-state index contributed by atoms with van der Waals surface area (Å²) in [7, 11) is 0. The highest BCUT2D eigenvalue weighted by atomic mass is 16.6. The third-order valence-corrected chi connectivity index (χ3v) is 6.85. The van der Waals surface area contributed by atoms with E-state index < -0.39 is 5.60 Å². The Labute approximate surface area is 198 Å². The van der Waals surface area contributed by atoms with Gasteiger partial charge in [0.1, 0.15) is 23.7 Å². The molecule has 1 saturated heterocycles. The number of likely N-dealkylation sites (tertiary alicyclic amines) is 1. The zero-order valence-electron chi connectivity index (χ0n) is 19.7. The lowest BCUT2D eigenvalue weighted by molar-refractivity contribution is 0.0265. The van der Waals surface area contributed by atoms with E-state index in [-0.39, 0.29) is 17.9 Å². The molecule has 3 aromatic carbocycles. The molecule has 0 aliphatic carbocycles. The molecule has 1 amide bonds. The van der Waals surface area contributed by atoms with Gasteiger partial charge in [-0.15, -0.1) is 0 Å². The minimum atomic E-state index is -0.517. The van der Waals surface area contributed by atoms with Crippen LogP contribution in [0.25, 0.3) is 21.9 Å². The minimum Gasteiger partial charge on any atom is -0.508 e. The van der Waals surface area contributed by atoms with Gasteiger partial charge in [-0.1, -0.05) is 24.3 Å². The molecule has 174 valence electrons. The molecule has 3 aliphatic heterocycles. The number of carbonyl (C=O) groups is 1. The Kier molecular flexibility index (Phi) is 4.63. The van der Waals surface area contributed by atoms with Gasteiger partial charge in [0.15, 0.2) is 0 Å². The molecule has 3 heterocycles. The van der Waals surface area contributed by atoms with Crippen molar-refractivity contribution >= 4 is 28.3 Å². The van der Waals surface area contributed by atoms with Gasteiger partial charge in [0.05, 0.1) is 11.7 Å². The summed E-state index contributed by atoms with van der Waals surface area (Å²) < 4.78 is 11.8. The number of aliphatic imine (C=N–C) groups is 1. The molecular formula is C28H28N2O4. The van der Waals surface area contributed by atoms with Crippen LogP contribution in [0.4, 0.5) is 10.5 Å². The van der Waals surface area contributed by atoms with Crippen LogP contribution in [0.2, 0.25) is 0 Å². The first kappa shape index (κ1) is 21.0. The second kappa shape index (κ2) is 7.49. The lowest BCUT2D eigenvalue weighted by Crippen LogP contribution is -2.43. The molecule has 6 heteroatoms. The first-order valence-corrected chi connectivity index (χ1v) is 11.9. The van der Waals surface area contributed by atoms with Crippen molar-refractivity contribution in [1.29, 1.82) is 0 Å². The first-order chi connectivity index (χ1) is 16.3. The Balaban J connectivity index is 1.37. The Morgan fingerprint density at radius 2 is 1.88 bits per heavy atom. The molecule has 0 aromatic heterocycles. The van der Waals surface area contributed by atoms with Crippen molar-refractivity contribution < 1.29 is 19.4 Å². The predicted octanol–water partition coefficient (Wildman–Crippen LogP) is 6.13. The van der Waals surface area contributed by atoms with Crippen molar-refractivity contribution in [1.82, 2.24) is 4.90 Å². The summed E-state index contributed by atoms with van der Waals surface area (Å²) in [6.07, 6.45) is 2.35. The van der Waals surface area contributed by atoms with Crippen molar-refractivity contribution in [2.75, 3.05) is 6.54 Å². The molecule has 3 aromatic rings. The van der Waals surface area contributed by atoms with E-state index in [9.17, 15) is 9.90 Å². The number of nitrogens with zero attached hydrogens (tertiary/aromatic N) is 2. The second-order valence-corrected chi connectivity index (χ2v) is 10.4. The van der Waals surface area contributed by atoms with Crippen LogP contribution in [0, 0.1) is 0 Å². The molecule has 0 bridgehead atoms. The van der Waals surface area contributed by atoms with E-state index in [4.69, 9.17) is 14.5 Å². The number of fused-ring (bicyclic) bond motifs is 7. The highest BCUT2D eigenvalue weighted by molar-refractivity contribution is 6.09. The third kappa shape index (κ3) is 3.40. The molecule has 0 saturated carbocycles. The number of benzene rings is 3. The average molecular weight is 457 g/mol. The van der Waals surface area contributed by atoms with Gasteiger partial charge in [-0.25, -0.2) is 4.79 Å². The van der Waals surface area contributed by atoms with E-state index in [1.807, 2.05) is 31.7 Å². The quantitative estimate of drug-likeness (QED) is 0.478. The Morgan fingerprint density at radius 1 is 1.09 bits per heavy atom. The normalized spacial score (nSPS) is 18.7. The van der Waals surface area contributed by atoms with Gasteiger partial charge in [0.2, 0.25) is 0 Å². The smallest absolute Gasteiger partial charge is 0.410 e. The standard InChI is InChI=1S/C28H28N2O4/c1-28(2,3)34-27(32)30-12-4-5-24(30)23-14-16-6-8-22-20(25(16)29-23)10-11-21-19-9-7-18(31)13-17(19)15-33-26(21)22/h6-11,13,24,31H,4-5,12,14-15H2,1-3H3/t24-/m0/s1. The third-order valence-electron chi connectivity index (χ3n) is 6.85. The van der Waals surface area contributed by atoms with E-state index >= 15 is 0 Å². The Bertz CT molecular complexity index is 1370. The van der Waals surface area contributed by atoms with Crippen LogP contribution in [-0.4, -0.2) is 40.0 Å². The van der Waals surface area contributed by atoms with Crippen molar-refractivity contribution in [3.8, 4) is 22.6 Å². The zero-order chi connectivity index (χ0) is 23.6. The highest BCUT2D eigenvalue weighted by Crippen LogP contribution is 2.47. The fraction of sp³-hybridized carbons (Fsp3) is 0.357. The number of carbonyl (C=O) groups excluding carboxylic acids is 1. The number of hydrogen-bond acceptors (Lipinski definition) is 5. The fourth-order valence-electron chi connectivity index (χ4n) is 5.38. The van der Waals surface area contributed by atoms with Gasteiger partial charge in [-0.05, 0) is 62.9 Å². The highest BCUT2D eigenvalue weighted by Gasteiger charge is 2.37. The SMILES string of the molecule is CC(C)(C)OC(=O)N1CCC[C@H]1C1=Nc2c(ccc3c4c(ccc23)-c2ccc(O)cc2CO4)C1. The molecule has 3 aliphatic rings. The summed E-state index contributed by atoms with van der Waals surface area (Å²) in [5, 5.41) is 11.9. The number of amides is 1. The van der Waals surface area contributed by atoms with Gasteiger partial charge < -0.3 is 14.6 Å². The summed E-state index contributed by atoms with van der Waals surface area (Å²) in [5.74, 6) is 1.11. The summed E-state index contributed by atoms with van der Waals surface area (Å²) in [6.45, 7) is 6.82. The molecule has 0 spiro atoms. The Hall–Kier alpha value is -3.54. The van der Waals surface area contributed by atoms with E-state index in [1.54, 1.807) is 12.1 Å². The largest absolute Gasteiger partial charge is 0.508 e. The van der Waals surface area contributed by atoms with Gasteiger partial charge in [0.25, 0.3) is 0 Å². The van der Waals surface area contributed by atoms with E-state index in [2.05, 4.69) is 24.3 Å². The molecule has 1 fully saturated rings. The van der Waals surface area contributed by atoms with Gasteiger partial charge in [-0.3, -0.25) is 9.89 Å². The number of aromatic hydroxyl groups is 1. The topological polar surface area (TPSA) is 71.4 Å². The lowest BCUT2D eigenvalue weighted by Gasteiger charge is -2.28. The monoisotopic (exact) mass is 456 g/mol. The van der Waals surface area contributed by atoms with Gasteiger partial charge >= 0.3 is 6.09 Å². The molecule has 0 unspecified atom stereocenters. The van der Waals surface area contributed by atoms with Crippen LogP contribution in [0.3, 0.4) is 0 Å². The summed E-state index contributed by atoms with van der Waals surface area (Å²) >= 11 is 0. The zero-order valence-corrected chi connectivity index (χ0v) is 19.7. The molecule has 6 nitrogen and oxygen atoms in total. The van der Waals surface area contributed by atoms with Crippen molar-refractivity contribution in [3.05, 3.63) is 53.6 Å². The van der Waals surface area contributed by atoms with Crippen LogP contribution in [0.1, 0.15) is 44.7 Å². The maximum atomic E-state index is 12.8. The van der Waals surface area contributed by atoms with E-state index in [1.165, 1.54) is 5.56 Å². The molecule has 1 N–H and O–H groups in total. The lowest BCUT2D eigenvalue weighted by atomic mass is 9.92. The number of phenolic OH excluding ortho intramolecular Hbond substituents is 1. The molecule has 34 heavy (non-hydrogen) atoms. The van der Waals surface area contributed by atoms with E-state index in [0.29, 0.717) is 13.2 Å². The molecule has 6 rings (SSSR count). The maximum absolute atomic E-state index is 12.8. The van der Waals surface area contributed by atoms with Gasteiger partial charge in [0, 0.05) is 40.6 Å². The van der Waals surface area contributed by atoms with Crippen LogP contribution in [-0.2, 0) is 17.8 Å². The van der Waals surface area contributed by atoms with Crippen molar-refractivity contribution in [3.63, 3.8) is 0 Å². The van der Waals surface area contributed by atoms with Crippen LogP contribution < -0.4 is 4.74 Å². The second-order valence-electron chi connectivity index (χ2n) is 10.4. The molecular weight excluding hydrogens is 428 g/mol. The first-order valence-electron chi connectivity index (χ1n) is 11.9. The maximum Gasteiger partial charge on any atom is 0.410 e. The number of ether oxygens (including phenoxy) is 2. The van der Waals surface area contributed by atoms with Crippen molar-refractivity contribution in [2.24, 2.45) is 4.99 Å².